The first-order chi connectivity index (χ1) is 23.2. The maximum Gasteiger partial charge on any atom is 0.341 e. The number of hydrogen-bond acceptors (Lipinski definition) is 8. The van der Waals surface area contributed by atoms with E-state index in [0.29, 0.717) is 38.2 Å². The lowest BCUT2D eigenvalue weighted by molar-refractivity contribution is -0.129. The van der Waals surface area contributed by atoms with E-state index in [-0.39, 0.29) is 29.2 Å². The molecule has 48 heavy (non-hydrogen) atoms. The van der Waals surface area contributed by atoms with Crippen molar-refractivity contribution in [3.63, 3.8) is 0 Å². The molecule has 2 saturated heterocycles. The van der Waals surface area contributed by atoms with Gasteiger partial charge in [-0.1, -0.05) is 12.1 Å². The maximum absolute atomic E-state index is 15.2. The highest BCUT2D eigenvalue weighted by molar-refractivity contribution is 5.93. The second kappa shape index (κ2) is 13.8. The van der Waals surface area contributed by atoms with Crippen molar-refractivity contribution in [2.45, 2.75) is 13.5 Å². The fourth-order valence-corrected chi connectivity index (χ4v) is 6.48. The van der Waals surface area contributed by atoms with Crippen molar-refractivity contribution in [3.8, 4) is 5.75 Å². The number of aryl methyl sites for hydroxylation is 1. The molecule has 11 nitrogen and oxygen atoms in total. The highest BCUT2D eigenvalue weighted by Gasteiger charge is 2.25. The van der Waals surface area contributed by atoms with Gasteiger partial charge in [-0.3, -0.25) is 9.59 Å². The molecule has 6 rings (SSSR count). The first-order valence-corrected chi connectivity index (χ1v) is 16.0. The number of nitrogens with one attached hydrogen (secondary N) is 1. The summed E-state index contributed by atoms with van der Waals surface area (Å²) >= 11 is 0. The Kier molecular flexibility index (Phi) is 9.37. The van der Waals surface area contributed by atoms with Crippen LogP contribution in [-0.4, -0.2) is 92.5 Å². The number of carboxylic acids is 1. The molecule has 0 saturated carbocycles. The largest absolute Gasteiger partial charge is 0.495 e. The molecule has 1 amide bonds. The van der Waals surface area contributed by atoms with Crippen molar-refractivity contribution in [2.24, 2.45) is 0 Å². The number of ether oxygens (including phenoxy) is 1. The summed E-state index contributed by atoms with van der Waals surface area (Å²) in [6.07, 6.45) is 1.28. The molecule has 2 fully saturated rings. The van der Waals surface area contributed by atoms with Crippen LogP contribution in [0, 0.1) is 11.6 Å². The summed E-state index contributed by atoms with van der Waals surface area (Å²) in [5.74, 6) is -1.82. The van der Waals surface area contributed by atoms with Crippen molar-refractivity contribution >= 4 is 45.5 Å². The van der Waals surface area contributed by atoms with E-state index in [0.717, 1.165) is 49.4 Å². The van der Waals surface area contributed by atoms with E-state index in [1.54, 1.807) is 33.6 Å². The summed E-state index contributed by atoms with van der Waals surface area (Å²) in [6, 6.07) is 15.5. The molecule has 0 spiro atoms. The van der Waals surface area contributed by atoms with Gasteiger partial charge in [0.05, 0.1) is 36.2 Å². The summed E-state index contributed by atoms with van der Waals surface area (Å²) in [4.78, 5) is 45.1. The molecular formula is C35H38F2N6O5. The first-order valence-electron chi connectivity index (χ1n) is 16.0. The van der Waals surface area contributed by atoms with Gasteiger partial charge in [-0.15, -0.1) is 0 Å². The number of methoxy groups -OCH3 is 1. The van der Waals surface area contributed by atoms with E-state index in [4.69, 9.17) is 4.74 Å². The van der Waals surface area contributed by atoms with Gasteiger partial charge in [0.25, 0.3) is 0 Å². The quantitative estimate of drug-likeness (QED) is 0.274. The van der Waals surface area contributed by atoms with E-state index < -0.39 is 28.6 Å². The Morgan fingerprint density at radius 1 is 0.854 bits per heavy atom. The minimum absolute atomic E-state index is 0.00447. The predicted octanol–water partition coefficient (Wildman–Crippen LogP) is 4.09. The van der Waals surface area contributed by atoms with Crippen molar-refractivity contribution in [3.05, 3.63) is 88.2 Å². The number of para-hydroxylation sites is 2. The van der Waals surface area contributed by atoms with E-state index in [1.165, 1.54) is 12.3 Å². The Balaban J connectivity index is 1.03. The summed E-state index contributed by atoms with van der Waals surface area (Å²) in [5.41, 5.74) is 1.63. The Bertz CT molecular complexity index is 1900. The van der Waals surface area contributed by atoms with Crippen LogP contribution in [0.3, 0.4) is 0 Å². The standard InChI is InChI=1S/C35H38F2N6O5/c1-3-39-22-25(35(46)47)34(45)24-19-27(37)31(20-30(24)39)42-14-16-43(17-15-42)33(44)21-38-28-9-8-23(18-26(28)36)40-10-12-41(13-11-40)29-6-4-5-7-32(29)48-2/h4-9,18-20,22,38H,3,10-17,21H2,1-2H3,(H,46,47). The summed E-state index contributed by atoms with van der Waals surface area (Å²) < 4.78 is 37.5. The number of rotatable bonds is 9. The van der Waals surface area contributed by atoms with E-state index >= 15 is 8.78 Å². The highest BCUT2D eigenvalue weighted by Crippen LogP contribution is 2.30. The Hall–Kier alpha value is -5.33. The predicted molar refractivity (Wildman–Crippen MR) is 182 cm³/mol. The molecule has 0 unspecified atom stereocenters. The Labute approximate surface area is 276 Å². The second-order valence-corrected chi connectivity index (χ2v) is 11.8. The van der Waals surface area contributed by atoms with Crippen LogP contribution >= 0.6 is 0 Å². The fourth-order valence-electron chi connectivity index (χ4n) is 6.48. The molecular weight excluding hydrogens is 622 g/mol. The number of pyridine rings is 1. The number of nitrogens with zero attached hydrogens (tertiary/aromatic N) is 5. The fraction of sp³-hybridized carbons (Fsp3) is 0.343. The second-order valence-electron chi connectivity index (χ2n) is 11.8. The van der Waals surface area contributed by atoms with Crippen molar-refractivity contribution in [2.75, 3.05) is 86.0 Å². The Morgan fingerprint density at radius 3 is 2.19 bits per heavy atom. The number of benzene rings is 3. The molecule has 3 aromatic carbocycles. The van der Waals surface area contributed by atoms with Crippen LogP contribution in [-0.2, 0) is 11.3 Å². The SMILES string of the molecule is CCn1cc(C(=O)O)c(=O)c2cc(F)c(N3CCN(C(=O)CNc4ccc(N5CCN(c6ccccc6OC)CC5)cc4F)CC3)cc21. The van der Waals surface area contributed by atoms with Crippen molar-refractivity contribution < 1.29 is 28.2 Å². The van der Waals surface area contributed by atoms with Crippen LogP contribution in [0.1, 0.15) is 17.3 Å². The summed E-state index contributed by atoms with van der Waals surface area (Å²) in [6.45, 7) is 6.46. The maximum atomic E-state index is 15.2. The number of halogens is 2. The van der Waals surface area contributed by atoms with Gasteiger partial charge in [-0.25, -0.2) is 13.6 Å². The van der Waals surface area contributed by atoms with E-state index in [9.17, 15) is 19.5 Å². The molecule has 252 valence electrons. The lowest BCUT2D eigenvalue weighted by Gasteiger charge is -2.38. The van der Waals surface area contributed by atoms with Crippen LogP contribution in [0.25, 0.3) is 10.9 Å². The number of amides is 1. The molecule has 0 radical (unpaired) electrons. The third-order valence-electron chi connectivity index (χ3n) is 9.15. The van der Waals surface area contributed by atoms with Crippen LogP contribution in [0.4, 0.5) is 31.5 Å². The van der Waals surface area contributed by atoms with Gasteiger partial charge in [0, 0.05) is 76.2 Å². The number of piperazine rings is 2. The number of fused-ring (bicyclic) bond motifs is 1. The summed E-state index contributed by atoms with van der Waals surface area (Å²) in [5, 5.41) is 12.3. The lowest BCUT2D eigenvalue weighted by Crippen LogP contribution is -2.50. The third kappa shape index (κ3) is 6.44. The molecule has 0 bridgehead atoms. The molecule has 0 aliphatic carbocycles. The van der Waals surface area contributed by atoms with Gasteiger partial charge in [0.15, 0.2) is 0 Å². The third-order valence-corrected chi connectivity index (χ3v) is 9.15. The zero-order valence-corrected chi connectivity index (χ0v) is 26.9. The molecule has 1 aromatic heterocycles. The first kappa shape index (κ1) is 32.6. The van der Waals surface area contributed by atoms with Crippen LogP contribution in [0.15, 0.2) is 65.6 Å². The highest BCUT2D eigenvalue weighted by atomic mass is 19.1. The van der Waals surface area contributed by atoms with Crippen LogP contribution in [0.2, 0.25) is 0 Å². The van der Waals surface area contributed by atoms with Crippen molar-refractivity contribution in [1.82, 2.24) is 9.47 Å². The summed E-state index contributed by atoms with van der Waals surface area (Å²) in [7, 11) is 1.66. The lowest BCUT2D eigenvalue weighted by atomic mass is 10.1. The Morgan fingerprint density at radius 2 is 1.52 bits per heavy atom. The molecule has 2 aliphatic rings. The molecule has 3 heterocycles. The number of aromatic nitrogens is 1. The van der Waals surface area contributed by atoms with Crippen molar-refractivity contribution in [1.29, 1.82) is 0 Å². The average Bonchev–Trinajstić information content (AvgIpc) is 3.11. The monoisotopic (exact) mass is 660 g/mol. The van der Waals surface area contributed by atoms with Crippen LogP contribution in [0.5, 0.6) is 5.75 Å². The molecule has 13 heteroatoms. The number of carbonyl (C=O) groups is 2. The average molecular weight is 661 g/mol. The van der Waals surface area contributed by atoms with Gasteiger partial charge in [-0.05, 0) is 49.4 Å². The van der Waals surface area contributed by atoms with Gasteiger partial charge >= 0.3 is 5.97 Å². The number of anilines is 4. The molecule has 0 atom stereocenters. The zero-order chi connectivity index (χ0) is 33.9. The molecule has 4 aromatic rings. The van der Waals surface area contributed by atoms with Gasteiger partial charge in [0.2, 0.25) is 11.3 Å². The number of carboxylic acid groups (broad SMARTS) is 1. The van der Waals surface area contributed by atoms with Gasteiger partial charge in [0.1, 0.15) is 22.9 Å². The smallest absolute Gasteiger partial charge is 0.341 e. The molecule has 2 aliphatic heterocycles. The van der Waals surface area contributed by atoms with Gasteiger partial charge in [-0.2, -0.15) is 0 Å². The van der Waals surface area contributed by atoms with E-state index in [2.05, 4.69) is 15.1 Å². The number of hydrogen-bond donors (Lipinski definition) is 2. The topological polar surface area (TPSA) is 111 Å². The number of aromatic carboxylic acids is 1. The van der Waals surface area contributed by atoms with E-state index in [1.807, 2.05) is 37.3 Å². The molecule has 2 N–H and O–H groups in total. The minimum Gasteiger partial charge on any atom is -0.495 e. The number of carbonyl (C=O) groups excluding carboxylic acids is 1. The zero-order valence-electron chi connectivity index (χ0n) is 26.9. The minimum atomic E-state index is -1.36. The normalized spacial score (nSPS) is 15.2. The van der Waals surface area contributed by atoms with Gasteiger partial charge < -0.3 is 39.3 Å². The van der Waals surface area contributed by atoms with Crippen LogP contribution < -0.4 is 30.2 Å².